The number of carbonyl (C=O) groups excluding carboxylic acids is 2. The van der Waals surface area contributed by atoms with Crippen LogP contribution in [0.25, 0.3) is 0 Å². The molecular weight excluding hydrogens is 390 g/mol. The highest BCUT2D eigenvalue weighted by molar-refractivity contribution is 7.89. The Morgan fingerprint density at radius 3 is 2.21 bits per heavy atom. The molecule has 0 bridgehead atoms. The molecule has 0 aliphatic heterocycles. The summed E-state index contributed by atoms with van der Waals surface area (Å²) in [6.45, 7) is 1.83. The van der Waals surface area contributed by atoms with Gasteiger partial charge in [-0.2, -0.15) is 0 Å². The first kappa shape index (κ1) is 20.9. The molecule has 0 spiro atoms. The summed E-state index contributed by atoms with van der Waals surface area (Å²) in [5.74, 6) is 0. The topological polar surface area (TPSA) is 95.6 Å². The van der Waals surface area contributed by atoms with Crippen molar-refractivity contribution in [1.29, 1.82) is 0 Å². The summed E-state index contributed by atoms with van der Waals surface area (Å²) in [5, 5.41) is 4.78. The standard InChI is InChI=1S/C21H25N3O4S/c1-16-10-8-9-15-19(16)22-20(25)23-21(26)24(17-11-4-2-5-12-17)29(27,28)18-13-6-3-7-14-18/h3,6-10,13-15,17H,2,4-5,11-12H2,1H3,(H2,22,23,25,26). The quantitative estimate of drug-likeness (QED) is 0.780. The fraction of sp³-hybridized carbons (Fsp3) is 0.333. The first-order chi connectivity index (χ1) is 13.9. The van der Waals surface area contributed by atoms with Gasteiger partial charge in [0.25, 0.3) is 10.0 Å². The van der Waals surface area contributed by atoms with Gasteiger partial charge in [0.1, 0.15) is 0 Å². The Balaban J connectivity index is 1.83. The van der Waals surface area contributed by atoms with E-state index in [1.807, 2.05) is 19.1 Å². The number of para-hydroxylation sites is 1. The van der Waals surface area contributed by atoms with E-state index in [0.717, 1.165) is 29.1 Å². The highest BCUT2D eigenvalue weighted by atomic mass is 32.2. The minimum absolute atomic E-state index is 0.0278. The Hall–Kier alpha value is -2.87. The molecule has 1 fully saturated rings. The monoisotopic (exact) mass is 415 g/mol. The molecule has 0 aromatic heterocycles. The zero-order valence-corrected chi connectivity index (χ0v) is 17.1. The lowest BCUT2D eigenvalue weighted by atomic mass is 9.96. The molecule has 3 rings (SSSR count). The number of amides is 4. The number of imide groups is 1. The molecule has 0 radical (unpaired) electrons. The van der Waals surface area contributed by atoms with Crippen LogP contribution in [0, 0.1) is 6.92 Å². The highest BCUT2D eigenvalue weighted by Gasteiger charge is 2.37. The lowest BCUT2D eigenvalue weighted by molar-refractivity contribution is 0.199. The number of nitrogens with zero attached hydrogens (tertiary/aromatic N) is 1. The van der Waals surface area contributed by atoms with Gasteiger partial charge in [0.05, 0.1) is 10.9 Å². The van der Waals surface area contributed by atoms with E-state index in [2.05, 4.69) is 10.6 Å². The van der Waals surface area contributed by atoms with E-state index in [1.54, 1.807) is 30.3 Å². The molecule has 29 heavy (non-hydrogen) atoms. The van der Waals surface area contributed by atoms with Crippen LogP contribution in [0.3, 0.4) is 0 Å². The van der Waals surface area contributed by atoms with Crippen molar-refractivity contribution in [2.75, 3.05) is 5.32 Å². The average molecular weight is 416 g/mol. The minimum Gasteiger partial charge on any atom is -0.307 e. The van der Waals surface area contributed by atoms with Crippen molar-refractivity contribution in [2.24, 2.45) is 0 Å². The molecule has 4 amide bonds. The Morgan fingerprint density at radius 1 is 0.931 bits per heavy atom. The first-order valence-corrected chi connectivity index (χ1v) is 11.1. The average Bonchev–Trinajstić information content (AvgIpc) is 2.71. The second-order valence-corrected chi connectivity index (χ2v) is 8.92. The Kier molecular flexibility index (Phi) is 6.53. The summed E-state index contributed by atoms with van der Waals surface area (Å²) >= 11 is 0. The predicted octanol–water partition coefficient (Wildman–Crippen LogP) is 4.26. The van der Waals surface area contributed by atoms with E-state index in [0.29, 0.717) is 18.5 Å². The smallest absolute Gasteiger partial charge is 0.307 e. The molecule has 1 saturated carbocycles. The maximum absolute atomic E-state index is 13.2. The number of rotatable bonds is 4. The number of benzene rings is 2. The van der Waals surface area contributed by atoms with Crippen LogP contribution in [0.5, 0.6) is 0 Å². The Bertz CT molecular complexity index is 970. The number of anilines is 1. The molecule has 2 aromatic rings. The highest BCUT2D eigenvalue weighted by Crippen LogP contribution is 2.28. The lowest BCUT2D eigenvalue weighted by Crippen LogP contribution is -2.52. The third kappa shape index (κ3) is 4.95. The van der Waals surface area contributed by atoms with Gasteiger partial charge in [-0.25, -0.2) is 22.3 Å². The van der Waals surface area contributed by atoms with Crippen LogP contribution in [0.2, 0.25) is 0 Å². The lowest BCUT2D eigenvalue weighted by Gasteiger charge is -2.33. The number of urea groups is 2. The van der Waals surface area contributed by atoms with E-state index in [1.165, 1.54) is 12.1 Å². The van der Waals surface area contributed by atoms with Crippen LogP contribution in [0.1, 0.15) is 37.7 Å². The molecular formula is C21H25N3O4S. The van der Waals surface area contributed by atoms with Gasteiger partial charge >= 0.3 is 12.1 Å². The van der Waals surface area contributed by atoms with Crippen LogP contribution in [0.15, 0.2) is 59.5 Å². The fourth-order valence-corrected chi connectivity index (χ4v) is 5.11. The van der Waals surface area contributed by atoms with Crippen molar-refractivity contribution in [3.05, 3.63) is 60.2 Å². The Labute approximate surface area is 171 Å². The summed E-state index contributed by atoms with van der Waals surface area (Å²) in [4.78, 5) is 25.3. The van der Waals surface area contributed by atoms with Crippen molar-refractivity contribution in [3.63, 3.8) is 0 Å². The van der Waals surface area contributed by atoms with Crippen LogP contribution in [-0.2, 0) is 10.0 Å². The van der Waals surface area contributed by atoms with E-state index in [4.69, 9.17) is 0 Å². The molecule has 0 unspecified atom stereocenters. The molecule has 0 atom stereocenters. The molecule has 2 aromatic carbocycles. The van der Waals surface area contributed by atoms with Crippen molar-refractivity contribution < 1.29 is 18.0 Å². The zero-order chi connectivity index (χ0) is 20.9. The molecule has 2 N–H and O–H groups in total. The zero-order valence-electron chi connectivity index (χ0n) is 16.3. The van der Waals surface area contributed by atoms with Gasteiger partial charge in [0.2, 0.25) is 0 Å². The molecule has 1 aliphatic carbocycles. The number of nitrogens with one attached hydrogen (secondary N) is 2. The molecule has 1 aliphatic rings. The predicted molar refractivity (Wildman–Crippen MR) is 111 cm³/mol. The van der Waals surface area contributed by atoms with E-state index >= 15 is 0 Å². The fourth-order valence-electron chi connectivity index (χ4n) is 3.51. The normalized spacial score (nSPS) is 14.8. The number of hydrogen-bond acceptors (Lipinski definition) is 4. The van der Waals surface area contributed by atoms with Gasteiger partial charge in [-0.15, -0.1) is 0 Å². The van der Waals surface area contributed by atoms with E-state index in [-0.39, 0.29) is 4.90 Å². The Morgan fingerprint density at radius 2 is 1.55 bits per heavy atom. The van der Waals surface area contributed by atoms with Crippen molar-refractivity contribution in [2.45, 2.75) is 50.0 Å². The van der Waals surface area contributed by atoms with E-state index in [9.17, 15) is 18.0 Å². The molecule has 7 nitrogen and oxygen atoms in total. The third-order valence-corrected chi connectivity index (χ3v) is 6.87. The van der Waals surface area contributed by atoms with Crippen LogP contribution in [0.4, 0.5) is 15.3 Å². The number of sulfonamides is 1. The number of aryl methyl sites for hydroxylation is 1. The maximum Gasteiger partial charge on any atom is 0.339 e. The molecule has 0 saturated heterocycles. The maximum atomic E-state index is 13.2. The van der Waals surface area contributed by atoms with Gasteiger partial charge in [-0.05, 0) is 43.5 Å². The van der Waals surface area contributed by atoms with Gasteiger partial charge in [0, 0.05) is 5.69 Å². The number of hydrogen-bond donors (Lipinski definition) is 2. The first-order valence-electron chi connectivity index (χ1n) is 9.66. The summed E-state index contributed by atoms with van der Waals surface area (Å²) < 4.78 is 27.2. The summed E-state index contributed by atoms with van der Waals surface area (Å²) in [6.07, 6.45) is 3.85. The number of carbonyl (C=O) groups is 2. The van der Waals surface area contributed by atoms with Gasteiger partial charge in [-0.3, -0.25) is 5.32 Å². The van der Waals surface area contributed by atoms with Crippen molar-refractivity contribution >= 4 is 27.8 Å². The van der Waals surface area contributed by atoms with Crippen LogP contribution < -0.4 is 10.6 Å². The second-order valence-electron chi connectivity index (χ2n) is 7.10. The molecule has 0 heterocycles. The third-order valence-electron chi connectivity index (χ3n) is 5.02. The molecule has 154 valence electrons. The summed E-state index contributed by atoms with van der Waals surface area (Å²) in [7, 11) is -4.09. The van der Waals surface area contributed by atoms with Gasteiger partial charge in [0.15, 0.2) is 0 Å². The van der Waals surface area contributed by atoms with Crippen LogP contribution >= 0.6 is 0 Å². The summed E-state index contributed by atoms with van der Waals surface area (Å²) in [6, 6.07) is 12.8. The largest absolute Gasteiger partial charge is 0.339 e. The van der Waals surface area contributed by atoms with Gasteiger partial charge in [-0.1, -0.05) is 55.7 Å². The molecule has 8 heteroatoms. The SMILES string of the molecule is Cc1ccccc1NC(=O)NC(=O)N(C1CCCCC1)S(=O)(=O)c1ccccc1. The van der Waals surface area contributed by atoms with Crippen molar-refractivity contribution in [1.82, 2.24) is 9.62 Å². The minimum atomic E-state index is -4.09. The van der Waals surface area contributed by atoms with Crippen LogP contribution in [-0.4, -0.2) is 30.8 Å². The van der Waals surface area contributed by atoms with E-state index < -0.39 is 28.1 Å². The van der Waals surface area contributed by atoms with Crippen molar-refractivity contribution in [3.8, 4) is 0 Å². The summed E-state index contributed by atoms with van der Waals surface area (Å²) in [5.41, 5.74) is 1.38. The second kappa shape index (κ2) is 9.09. The van der Waals surface area contributed by atoms with Gasteiger partial charge < -0.3 is 5.32 Å².